The molecule has 0 aliphatic heterocycles. The molecule has 1 heterocycles. The van der Waals surface area contributed by atoms with Gasteiger partial charge in [-0.1, -0.05) is 18.2 Å². The number of nitrogens with zero attached hydrogens (tertiary/aromatic N) is 1. The summed E-state index contributed by atoms with van der Waals surface area (Å²) in [5.74, 6) is 0. The Bertz CT molecular complexity index is 558. The number of hydrogen-bond donors (Lipinski definition) is 1. The van der Waals surface area contributed by atoms with E-state index in [2.05, 4.69) is 51.2 Å². The van der Waals surface area contributed by atoms with Crippen LogP contribution in [0.4, 0.5) is 0 Å². The summed E-state index contributed by atoms with van der Waals surface area (Å²) in [6, 6.07) is 6.78. The maximum Gasteiger partial charge on any atom is 0.124 e. The van der Waals surface area contributed by atoms with Crippen LogP contribution in [-0.2, 0) is 0 Å². The summed E-state index contributed by atoms with van der Waals surface area (Å²) in [5.41, 5.74) is 5.05. The molecule has 2 rings (SSSR count). The topological polar surface area (TPSA) is 24.9 Å². The lowest BCUT2D eigenvalue weighted by molar-refractivity contribution is 0.658. The normalized spacial score (nSPS) is 12.7. The van der Waals surface area contributed by atoms with Crippen molar-refractivity contribution in [3.05, 3.63) is 39.9 Å². The number of aryl methyl sites for hydroxylation is 2. The van der Waals surface area contributed by atoms with E-state index in [9.17, 15) is 0 Å². The average molecular weight is 260 g/mol. The highest BCUT2D eigenvalue weighted by Gasteiger charge is 2.15. The smallest absolute Gasteiger partial charge is 0.124 e. The molecule has 0 aliphatic rings. The van der Waals surface area contributed by atoms with Gasteiger partial charge in [-0.25, -0.2) is 4.98 Å². The first-order valence-electron chi connectivity index (χ1n) is 6.25. The number of thiazole rings is 1. The molecule has 1 aromatic heterocycles. The third-order valence-electron chi connectivity index (χ3n) is 3.49. The van der Waals surface area contributed by atoms with Crippen LogP contribution in [0, 0.1) is 20.8 Å². The molecule has 1 atom stereocenters. The molecule has 0 spiro atoms. The third-order valence-corrected chi connectivity index (χ3v) is 4.87. The van der Waals surface area contributed by atoms with Gasteiger partial charge in [0.2, 0.25) is 0 Å². The molecule has 0 radical (unpaired) electrons. The van der Waals surface area contributed by atoms with Crippen LogP contribution in [0.15, 0.2) is 18.2 Å². The molecule has 2 aromatic rings. The van der Waals surface area contributed by atoms with Crippen LogP contribution < -0.4 is 5.32 Å². The standard InChI is InChI=1S/C15H20N2S/c1-9-7-6-8-13(10(9)2)15-17-12(4)14(18-15)11(3)16-5/h6-8,11,16H,1-5H3. The fourth-order valence-corrected chi connectivity index (χ4v) is 3.25. The van der Waals surface area contributed by atoms with Gasteiger partial charge in [-0.3, -0.25) is 0 Å². The van der Waals surface area contributed by atoms with E-state index in [0.717, 1.165) is 10.7 Å². The molecule has 1 aromatic carbocycles. The Hall–Kier alpha value is -1.19. The quantitative estimate of drug-likeness (QED) is 0.901. The molecule has 96 valence electrons. The van der Waals surface area contributed by atoms with E-state index < -0.39 is 0 Å². The summed E-state index contributed by atoms with van der Waals surface area (Å²) in [7, 11) is 1.99. The Morgan fingerprint density at radius 3 is 2.61 bits per heavy atom. The van der Waals surface area contributed by atoms with Crippen LogP contribution in [0.3, 0.4) is 0 Å². The van der Waals surface area contributed by atoms with Gasteiger partial charge in [-0.2, -0.15) is 0 Å². The Morgan fingerprint density at radius 1 is 1.22 bits per heavy atom. The zero-order valence-corrected chi connectivity index (χ0v) is 12.5. The molecule has 0 aliphatic carbocycles. The SMILES string of the molecule is CNC(C)c1sc(-c2cccc(C)c2C)nc1C. The predicted molar refractivity (Wildman–Crippen MR) is 79.2 cm³/mol. The molecular weight excluding hydrogens is 240 g/mol. The minimum Gasteiger partial charge on any atom is -0.312 e. The van der Waals surface area contributed by atoms with E-state index in [4.69, 9.17) is 4.98 Å². The summed E-state index contributed by atoms with van der Waals surface area (Å²) in [6.07, 6.45) is 0. The zero-order valence-electron chi connectivity index (χ0n) is 11.7. The molecule has 0 bridgehead atoms. The van der Waals surface area contributed by atoms with Crippen molar-refractivity contribution in [3.8, 4) is 10.6 Å². The summed E-state index contributed by atoms with van der Waals surface area (Å²) < 4.78 is 0. The van der Waals surface area contributed by atoms with Gasteiger partial charge < -0.3 is 5.32 Å². The lowest BCUT2D eigenvalue weighted by Crippen LogP contribution is -2.11. The van der Waals surface area contributed by atoms with Crippen molar-refractivity contribution in [2.24, 2.45) is 0 Å². The molecule has 3 heteroatoms. The van der Waals surface area contributed by atoms with Gasteiger partial charge in [0.15, 0.2) is 0 Å². The van der Waals surface area contributed by atoms with Crippen LogP contribution in [0.5, 0.6) is 0 Å². The number of hydrogen-bond acceptors (Lipinski definition) is 3. The second-order valence-electron chi connectivity index (χ2n) is 4.73. The third kappa shape index (κ3) is 2.33. The predicted octanol–water partition coefficient (Wildman–Crippen LogP) is 4.02. The summed E-state index contributed by atoms with van der Waals surface area (Å²) >= 11 is 1.79. The molecule has 1 unspecified atom stereocenters. The number of rotatable bonds is 3. The Morgan fingerprint density at radius 2 is 1.94 bits per heavy atom. The zero-order chi connectivity index (χ0) is 13.3. The van der Waals surface area contributed by atoms with E-state index in [-0.39, 0.29) is 0 Å². The monoisotopic (exact) mass is 260 g/mol. The fraction of sp³-hybridized carbons (Fsp3) is 0.400. The molecule has 18 heavy (non-hydrogen) atoms. The van der Waals surface area contributed by atoms with Gasteiger partial charge in [-0.05, 0) is 45.9 Å². The van der Waals surface area contributed by atoms with Gasteiger partial charge in [0, 0.05) is 16.5 Å². The average Bonchev–Trinajstić information content (AvgIpc) is 2.73. The lowest BCUT2D eigenvalue weighted by Gasteiger charge is -2.07. The van der Waals surface area contributed by atoms with Gasteiger partial charge >= 0.3 is 0 Å². The first-order chi connectivity index (χ1) is 8.54. The van der Waals surface area contributed by atoms with E-state index >= 15 is 0 Å². The molecule has 1 N–H and O–H groups in total. The van der Waals surface area contributed by atoms with Gasteiger partial charge in [0.05, 0.1) is 5.69 Å². The highest BCUT2D eigenvalue weighted by Crippen LogP contribution is 2.33. The molecule has 0 fully saturated rings. The van der Waals surface area contributed by atoms with Crippen LogP contribution in [0.2, 0.25) is 0 Å². The highest BCUT2D eigenvalue weighted by molar-refractivity contribution is 7.15. The van der Waals surface area contributed by atoms with E-state index in [1.54, 1.807) is 11.3 Å². The van der Waals surface area contributed by atoms with E-state index in [1.807, 2.05) is 7.05 Å². The Kier molecular flexibility index (Phi) is 3.83. The van der Waals surface area contributed by atoms with Crippen molar-refractivity contribution in [2.45, 2.75) is 33.7 Å². The summed E-state index contributed by atoms with van der Waals surface area (Å²) in [6.45, 7) is 8.58. The van der Waals surface area contributed by atoms with Crippen molar-refractivity contribution in [3.63, 3.8) is 0 Å². The minimum atomic E-state index is 0.362. The molecule has 2 nitrogen and oxygen atoms in total. The first kappa shape index (κ1) is 13.2. The number of aromatic nitrogens is 1. The lowest BCUT2D eigenvalue weighted by atomic mass is 10.0. The van der Waals surface area contributed by atoms with Crippen molar-refractivity contribution < 1.29 is 0 Å². The van der Waals surface area contributed by atoms with Crippen molar-refractivity contribution in [1.29, 1.82) is 0 Å². The largest absolute Gasteiger partial charge is 0.312 e. The van der Waals surface area contributed by atoms with E-state index in [1.165, 1.54) is 21.6 Å². The maximum absolute atomic E-state index is 4.73. The van der Waals surface area contributed by atoms with Crippen LogP contribution in [0.1, 0.15) is 34.7 Å². The summed E-state index contributed by atoms with van der Waals surface area (Å²) in [5, 5.41) is 4.41. The van der Waals surface area contributed by atoms with Crippen molar-refractivity contribution in [2.75, 3.05) is 7.05 Å². The number of nitrogens with one attached hydrogen (secondary N) is 1. The highest BCUT2D eigenvalue weighted by atomic mass is 32.1. The van der Waals surface area contributed by atoms with Gasteiger partial charge in [-0.15, -0.1) is 11.3 Å². The number of benzene rings is 1. The molecular formula is C15H20N2S. The first-order valence-corrected chi connectivity index (χ1v) is 7.07. The minimum absolute atomic E-state index is 0.362. The van der Waals surface area contributed by atoms with Crippen LogP contribution in [0.25, 0.3) is 10.6 Å². The van der Waals surface area contributed by atoms with Crippen molar-refractivity contribution in [1.82, 2.24) is 10.3 Å². The molecule has 0 saturated heterocycles. The summed E-state index contributed by atoms with van der Waals surface area (Å²) in [4.78, 5) is 6.06. The van der Waals surface area contributed by atoms with E-state index in [0.29, 0.717) is 6.04 Å². The second-order valence-corrected chi connectivity index (χ2v) is 5.76. The maximum atomic E-state index is 4.73. The molecule has 0 saturated carbocycles. The van der Waals surface area contributed by atoms with Crippen LogP contribution >= 0.6 is 11.3 Å². The van der Waals surface area contributed by atoms with Gasteiger partial charge in [0.25, 0.3) is 0 Å². The van der Waals surface area contributed by atoms with Crippen LogP contribution in [-0.4, -0.2) is 12.0 Å². The Labute approximate surface area is 113 Å². The second kappa shape index (κ2) is 5.21. The Balaban J connectivity index is 2.49. The van der Waals surface area contributed by atoms with Gasteiger partial charge in [0.1, 0.15) is 5.01 Å². The molecule has 0 amide bonds. The van der Waals surface area contributed by atoms with Crippen molar-refractivity contribution >= 4 is 11.3 Å². The fourth-order valence-electron chi connectivity index (χ4n) is 2.04.